The summed E-state index contributed by atoms with van der Waals surface area (Å²) < 4.78 is 27.2. The zero-order chi connectivity index (χ0) is 14.8. The van der Waals surface area contributed by atoms with E-state index in [0.717, 1.165) is 37.2 Å². The van der Waals surface area contributed by atoms with Gasteiger partial charge in [-0.3, -0.25) is 0 Å². The predicted octanol–water partition coefficient (Wildman–Crippen LogP) is 4.08. The van der Waals surface area contributed by atoms with Gasteiger partial charge in [-0.15, -0.1) is 22.9 Å². The fourth-order valence-electron chi connectivity index (χ4n) is 2.81. The standard InChI is InChI=1S/C14H22ClNO2S2/c1-3-11-4-6-13(7-5-11)16(2)20(17,18)14-8-12(9-15)10-19-14/h8,10-11,13H,3-7,9H2,1-2H3. The number of hydrogen-bond donors (Lipinski definition) is 0. The van der Waals surface area contributed by atoms with Gasteiger partial charge in [-0.05, 0) is 48.6 Å². The van der Waals surface area contributed by atoms with E-state index in [4.69, 9.17) is 11.6 Å². The molecule has 1 saturated carbocycles. The minimum Gasteiger partial charge on any atom is -0.206 e. The molecule has 0 saturated heterocycles. The number of rotatable bonds is 5. The summed E-state index contributed by atoms with van der Waals surface area (Å²) in [7, 11) is -1.64. The average molecular weight is 336 g/mol. The van der Waals surface area contributed by atoms with Crippen LogP contribution < -0.4 is 0 Å². The summed E-state index contributed by atoms with van der Waals surface area (Å²) in [5, 5.41) is 1.82. The van der Waals surface area contributed by atoms with E-state index in [1.54, 1.807) is 17.4 Å². The van der Waals surface area contributed by atoms with Crippen LogP contribution in [-0.4, -0.2) is 25.8 Å². The molecule has 0 radical (unpaired) electrons. The van der Waals surface area contributed by atoms with Crippen LogP contribution in [0.3, 0.4) is 0 Å². The van der Waals surface area contributed by atoms with E-state index in [1.165, 1.54) is 17.8 Å². The number of hydrogen-bond acceptors (Lipinski definition) is 3. The number of nitrogens with zero attached hydrogens (tertiary/aromatic N) is 1. The molecule has 0 aromatic carbocycles. The van der Waals surface area contributed by atoms with Crippen molar-refractivity contribution >= 4 is 33.0 Å². The molecule has 1 aliphatic carbocycles. The SMILES string of the molecule is CCC1CCC(N(C)S(=O)(=O)c2cc(CCl)cs2)CC1. The van der Waals surface area contributed by atoms with Crippen molar-refractivity contribution in [3.8, 4) is 0 Å². The highest BCUT2D eigenvalue weighted by Crippen LogP contribution is 2.32. The summed E-state index contributed by atoms with van der Waals surface area (Å²) in [6, 6.07) is 1.84. The van der Waals surface area contributed by atoms with Crippen LogP contribution in [0.1, 0.15) is 44.6 Å². The van der Waals surface area contributed by atoms with E-state index in [9.17, 15) is 8.42 Å². The molecular formula is C14H22ClNO2S2. The molecule has 2 rings (SSSR count). The van der Waals surface area contributed by atoms with Crippen LogP contribution in [-0.2, 0) is 15.9 Å². The molecule has 114 valence electrons. The van der Waals surface area contributed by atoms with Crippen LogP contribution in [0.2, 0.25) is 0 Å². The first-order valence-electron chi connectivity index (χ1n) is 7.10. The maximum atomic E-state index is 12.6. The Bertz CT molecular complexity index is 533. The van der Waals surface area contributed by atoms with Crippen LogP contribution in [0.25, 0.3) is 0 Å². The molecule has 0 unspecified atom stereocenters. The van der Waals surface area contributed by atoms with E-state index in [1.807, 2.05) is 5.38 Å². The van der Waals surface area contributed by atoms with Crippen molar-refractivity contribution in [2.75, 3.05) is 7.05 Å². The van der Waals surface area contributed by atoms with E-state index in [-0.39, 0.29) is 6.04 Å². The summed E-state index contributed by atoms with van der Waals surface area (Å²) >= 11 is 7.01. The number of halogens is 1. The predicted molar refractivity (Wildman–Crippen MR) is 84.9 cm³/mol. The van der Waals surface area contributed by atoms with Crippen LogP contribution in [0, 0.1) is 5.92 Å². The summed E-state index contributed by atoms with van der Waals surface area (Å²) in [5.74, 6) is 1.13. The van der Waals surface area contributed by atoms with Crippen LogP contribution in [0.5, 0.6) is 0 Å². The number of thiophene rings is 1. The third-order valence-corrected chi connectivity index (χ3v) is 8.01. The second-order valence-electron chi connectivity index (χ2n) is 5.51. The highest BCUT2D eigenvalue weighted by Gasteiger charge is 2.31. The first-order valence-corrected chi connectivity index (χ1v) is 9.95. The summed E-state index contributed by atoms with van der Waals surface area (Å²) in [6.45, 7) is 2.21. The van der Waals surface area contributed by atoms with Crippen molar-refractivity contribution in [1.29, 1.82) is 0 Å². The van der Waals surface area contributed by atoms with Gasteiger partial charge in [-0.25, -0.2) is 8.42 Å². The summed E-state index contributed by atoms with van der Waals surface area (Å²) in [6.07, 6.45) is 5.42. The van der Waals surface area contributed by atoms with Crippen molar-refractivity contribution < 1.29 is 8.42 Å². The lowest BCUT2D eigenvalue weighted by molar-refractivity contribution is 0.233. The highest BCUT2D eigenvalue weighted by molar-refractivity contribution is 7.91. The Labute approximate surface area is 131 Å². The Morgan fingerprint density at radius 2 is 2.00 bits per heavy atom. The molecule has 1 fully saturated rings. The van der Waals surface area contributed by atoms with Gasteiger partial charge >= 0.3 is 0 Å². The molecule has 1 aromatic heterocycles. The lowest BCUT2D eigenvalue weighted by Gasteiger charge is -2.33. The third kappa shape index (κ3) is 3.38. The van der Waals surface area contributed by atoms with Crippen molar-refractivity contribution in [3.05, 3.63) is 17.0 Å². The zero-order valence-corrected chi connectivity index (χ0v) is 14.4. The van der Waals surface area contributed by atoms with Crippen molar-refractivity contribution in [2.24, 2.45) is 5.92 Å². The smallest absolute Gasteiger partial charge is 0.206 e. The minimum atomic E-state index is -3.36. The molecule has 0 spiro atoms. The van der Waals surface area contributed by atoms with Crippen molar-refractivity contribution in [1.82, 2.24) is 4.31 Å². The number of sulfonamides is 1. The number of alkyl halides is 1. The van der Waals surface area contributed by atoms with E-state index >= 15 is 0 Å². The summed E-state index contributed by atoms with van der Waals surface area (Å²) in [4.78, 5) is 0. The van der Waals surface area contributed by atoms with Gasteiger partial charge in [0.1, 0.15) is 4.21 Å². The molecule has 3 nitrogen and oxygen atoms in total. The first kappa shape index (κ1) is 16.3. The maximum Gasteiger partial charge on any atom is 0.252 e. The van der Waals surface area contributed by atoms with E-state index in [2.05, 4.69) is 6.92 Å². The molecule has 0 atom stereocenters. The third-order valence-electron chi connectivity index (χ3n) is 4.33. The molecule has 0 aliphatic heterocycles. The van der Waals surface area contributed by atoms with Gasteiger partial charge in [0.25, 0.3) is 10.0 Å². The topological polar surface area (TPSA) is 37.4 Å². The normalized spacial score (nSPS) is 24.2. The van der Waals surface area contributed by atoms with Crippen LogP contribution in [0.4, 0.5) is 0 Å². The van der Waals surface area contributed by atoms with Gasteiger partial charge in [0.05, 0.1) is 0 Å². The van der Waals surface area contributed by atoms with Gasteiger partial charge in [-0.2, -0.15) is 4.31 Å². The molecule has 6 heteroatoms. The molecule has 1 aromatic rings. The minimum absolute atomic E-state index is 0.143. The molecule has 0 N–H and O–H groups in total. The van der Waals surface area contributed by atoms with Crippen molar-refractivity contribution in [3.63, 3.8) is 0 Å². The largest absolute Gasteiger partial charge is 0.252 e. The summed E-state index contributed by atoms with van der Waals surface area (Å²) in [5.41, 5.74) is 0.873. The Morgan fingerprint density at radius 1 is 1.35 bits per heavy atom. The van der Waals surface area contributed by atoms with Crippen LogP contribution in [0.15, 0.2) is 15.7 Å². The molecule has 1 heterocycles. The molecule has 0 amide bonds. The molecular weight excluding hydrogens is 314 g/mol. The zero-order valence-electron chi connectivity index (χ0n) is 12.0. The van der Waals surface area contributed by atoms with E-state index < -0.39 is 10.0 Å². The fourth-order valence-corrected chi connectivity index (χ4v) is 5.87. The quantitative estimate of drug-likeness (QED) is 0.760. The van der Waals surface area contributed by atoms with Gasteiger partial charge in [0, 0.05) is 19.0 Å². The highest BCUT2D eigenvalue weighted by atomic mass is 35.5. The Morgan fingerprint density at radius 3 is 2.50 bits per heavy atom. The lowest BCUT2D eigenvalue weighted by Crippen LogP contribution is -2.39. The maximum absolute atomic E-state index is 12.6. The second kappa shape index (κ2) is 6.77. The molecule has 1 aliphatic rings. The Hall–Kier alpha value is -0.100. The molecule has 0 bridgehead atoms. The van der Waals surface area contributed by atoms with Gasteiger partial charge in [-0.1, -0.05) is 13.3 Å². The Balaban J connectivity index is 2.09. The average Bonchev–Trinajstić information content (AvgIpc) is 2.96. The van der Waals surface area contributed by atoms with Gasteiger partial charge in [0.2, 0.25) is 0 Å². The second-order valence-corrected chi connectivity index (χ2v) is 8.91. The monoisotopic (exact) mass is 335 g/mol. The first-order chi connectivity index (χ1) is 9.48. The fraction of sp³-hybridized carbons (Fsp3) is 0.714. The van der Waals surface area contributed by atoms with E-state index in [0.29, 0.717) is 10.1 Å². The Kier molecular flexibility index (Phi) is 5.51. The molecule has 20 heavy (non-hydrogen) atoms. The van der Waals surface area contributed by atoms with Crippen molar-refractivity contribution in [2.45, 2.75) is 55.2 Å². The van der Waals surface area contributed by atoms with Crippen LogP contribution >= 0.6 is 22.9 Å². The van der Waals surface area contributed by atoms with Gasteiger partial charge < -0.3 is 0 Å². The van der Waals surface area contributed by atoms with Gasteiger partial charge in [0.15, 0.2) is 0 Å². The lowest BCUT2D eigenvalue weighted by atomic mass is 9.85.